The van der Waals surface area contributed by atoms with E-state index in [1.807, 2.05) is 0 Å². The maximum Gasteiger partial charge on any atom is 0.336 e. The molecule has 0 spiro atoms. The second-order valence-corrected chi connectivity index (χ2v) is 4.95. The second-order valence-electron chi connectivity index (χ2n) is 3.51. The summed E-state index contributed by atoms with van der Waals surface area (Å²) in [6.07, 6.45) is 0. The van der Waals surface area contributed by atoms with E-state index >= 15 is 0 Å². The number of carbonyl (C=O) groups is 2. The molecule has 1 saturated heterocycles. The van der Waals surface area contributed by atoms with E-state index in [-0.39, 0.29) is 11.9 Å². The number of carbonyl (C=O) groups excluding carboxylic acids is 2. The molecule has 2 unspecified atom stereocenters. The molecule has 6 heteroatoms. The molecule has 1 aliphatic rings. The molecule has 0 aliphatic carbocycles. The lowest BCUT2D eigenvalue weighted by Gasteiger charge is -2.21. The lowest BCUT2D eigenvalue weighted by molar-refractivity contribution is -0.148. The number of thioether (sulfide) groups is 1. The van der Waals surface area contributed by atoms with Gasteiger partial charge in [0.1, 0.15) is 6.04 Å². The van der Waals surface area contributed by atoms with E-state index in [4.69, 9.17) is 9.47 Å². The molecule has 0 bridgehead atoms. The number of ether oxygens (including phenoxy) is 2. The SMILES string of the molecule is CCOC(=O)C1CSC(C)(C(=O)OCC)N1. The van der Waals surface area contributed by atoms with E-state index in [9.17, 15) is 9.59 Å². The van der Waals surface area contributed by atoms with Crippen LogP contribution < -0.4 is 5.32 Å². The molecule has 5 nitrogen and oxygen atoms in total. The Hall–Kier alpha value is -0.750. The van der Waals surface area contributed by atoms with E-state index in [2.05, 4.69) is 5.32 Å². The van der Waals surface area contributed by atoms with Gasteiger partial charge < -0.3 is 9.47 Å². The minimum atomic E-state index is -0.840. The Morgan fingerprint density at radius 3 is 2.56 bits per heavy atom. The van der Waals surface area contributed by atoms with Crippen molar-refractivity contribution < 1.29 is 19.1 Å². The van der Waals surface area contributed by atoms with Crippen molar-refractivity contribution in [3.8, 4) is 0 Å². The smallest absolute Gasteiger partial charge is 0.336 e. The van der Waals surface area contributed by atoms with Crippen LogP contribution in [0.1, 0.15) is 20.8 Å². The van der Waals surface area contributed by atoms with Crippen molar-refractivity contribution in [3.05, 3.63) is 0 Å². The van der Waals surface area contributed by atoms with E-state index in [0.717, 1.165) is 0 Å². The van der Waals surface area contributed by atoms with Crippen LogP contribution in [0.3, 0.4) is 0 Å². The number of hydrogen-bond acceptors (Lipinski definition) is 6. The Bertz CT molecular complexity index is 284. The lowest BCUT2D eigenvalue weighted by Crippen LogP contribution is -2.49. The summed E-state index contributed by atoms with van der Waals surface area (Å²) in [7, 11) is 0. The van der Waals surface area contributed by atoms with E-state index in [1.54, 1.807) is 20.8 Å². The molecule has 0 radical (unpaired) electrons. The number of hydrogen-bond donors (Lipinski definition) is 1. The first-order valence-electron chi connectivity index (χ1n) is 5.29. The highest BCUT2D eigenvalue weighted by atomic mass is 32.2. The lowest BCUT2D eigenvalue weighted by atomic mass is 10.2. The highest BCUT2D eigenvalue weighted by molar-refractivity contribution is 8.01. The maximum absolute atomic E-state index is 11.6. The molecule has 92 valence electrons. The fourth-order valence-electron chi connectivity index (χ4n) is 1.42. The highest BCUT2D eigenvalue weighted by Gasteiger charge is 2.45. The van der Waals surface area contributed by atoms with Crippen LogP contribution in [0, 0.1) is 0 Å². The third-order valence-corrected chi connectivity index (χ3v) is 3.59. The average molecular weight is 247 g/mol. The zero-order valence-electron chi connectivity index (χ0n) is 9.74. The van der Waals surface area contributed by atoms with Gasteiger partial charge in [0.05, 0.1) is 13.2 Å². The highest BCUT2D eigenvalue weighted by Crippen LogP contribution is 2.31. The largest absolute Gasteiger partial charge is 0.465 e. The first-order valence-corrected chi connectivity index (χ1v) is 6.27. The molecular weight excluding hydrogens is 230 g/mol. The van der Waals surface area contributed by atoms with Gasteiger partial charge >= 0.3 is 11.9 Å². The molecule has 1 N–H and O–H groups in total. The molecule has 0 amide bonds. The number of esters is 2. The van der Waals surface area contributed by atoms with Gasteiger partial charge in [-0.25, -0.2) is 4.79 Å². The molecule has 0 aromatic carbocycles. The molecule has 16 heavy (non-hydrogen) atoms. The minimum Gasteiger partial charge on any atom is -0.465 e. The summed E-state index contributed by atoms with van der Waals surface area (Å²) in [6, 6.07) is -0.431. The van der Waals surface area contributed by atoms with Crippen molar-refractivity contribution in [2.24, 2.45) is 0 Å². The minimum absolute atomic E-state index is 0.317. The third kappa shape index (κ3) is 2.89. The summed E-state index contributed by atoms with van der Waals surface area (Å²) in [4.78, 5) is 22.3. The average Bonchev–Trinajstić information content (AvgIpc) is 2.63. The predicted molar refractivity (Wildman–Crippen MR) is 61.1 cm³/mol. The predicted octanol–water partition coefficient (Wildman–Crippen LogP) is 0.534. The van der Waals surface area contributed by atoms with E-state index in [1.165, 1.54) is 11.8 Å². The van der Waals surface area contributed by atoms with Crippen molar-refractivity contribution >= 4 is 23.7 Å². The first kappa shape index (κ1) is 13.3. The number of nitrogens with one attached hydrogen (secondary N) is 1. The molecule has 1 rings (SSSR count). The molecular formula is C10H17NO4S. The quantitative estimate of drug-likeness (QED) is 0.731. The molecule has 0 saturated carbocycles. The van der Waals surface area contributed by atoms with Gasteiger partial charge in [0.2, 0.25) is 0 Å². The summed E-state index contributed by atoms with van der Waals surface area (Å²) >= 11 is 1.37. The van der Waals surface area contributed by atoms with Crippen LogP contribution in [-0.2, 0) is 19.1 Å². The Morgan fingerprint density at radius 2 is 2.00 bits per heavy atom. The van der Waals surface area contributed by atoms with Crippen LogP contribution in [-0.4, -0.2) is 41.8 Å². The zero-order chi connectivity index (χ0) is 12.2. The summed E-state index contributed by atoms with van der Waals surface area (Å²) < 4.78 is 9.83. The van der Waals surface area contributed by atoms with Crippen molar-refractivity contribution in [2.45, 2.75) is 31.7 Å². The van der Waals surface area contributed by atoms with Crippen LogP contribution in [0.5, 0.6) is 0 Å². The van der Waals surface area contributed by atoms with Crippen molar-refractivity contribution in [1.82, 2.24) is 5.32 Å². The van der Waals surface area contributed by atoms with Gasteiger partial charge in [-0.15, -0.1) is 11.8 Å². The fourth-order valence-corrected chi connectivity index (χ4v) is 2.54. The van der Waals surface area contributed by atoms with Gasteiger partial charge in [-0.3, -0.25) is 10.1 Å². The van der Waals surface area contributed by atoms with Crippen LogP contribution in [0.2, 0.25) is 0 Å². The van der Waals surface area contributed by atoms with E-state index < -0.39 is 10.9 Å². The summed E-state index contributed by atoms with van der Waals surface area (Å²) in [5, 5.41) is 2.95. The molecule has 1 heterocycles. The summed E-state index contributed by atoms with van der Waals surface area (Å²) in [5.41, 5.74) is 0. The third-order valence-electron chi connectivity index (χ3n) is 2.22. The molecule has 1 fully saturated rings. The maximum atomic E-state index is 11.6. The molecule has 1 aliphatic heterocycles. The Labute approximate surface area is 99.2 Å². The van der Waals surface area contributed by atoms with E-state index in [0.29, 0.717) is 19.0 Å². The summed E-state index contributed by atoms with van der Waals surface area (Å²) in [6.45, 7) is 5.90. The van der Waals surface area contributed by atoms with Gasteiger partial charge in [0, 0.05) is 5.75 Å². The molecule has 2 atom stereocenters. The van der Waals surface area contributed by atoms with Crippen molar-refractivity contribution in [1.29, 1.82) is 0 Å². The van der Waals surface area contributed by atoms with Crippen molar-refractivity contribution in [2.75, 3.05) is 19.0 Å². The van der Waals surface area contributed by atoms with Crippen LogP contribution in [0.25, 0.3) is 0 Å². The normalized spacial score (nSPS) is 28.8. The first-order chi connectivity index (χ1) is 7.53. The van der Waals surface area contributed by atoms with Gasteiger partial charge in [0.15, 0.2) is 4.87 Å². The van der Waals surface area contributed by atoms with Crippen LogP contribution in [0.15, 0.2) is 0 Å². The molecule has 0 aromatic rings. The van der Waals surface area contributed by atoms with Gasteiger partial charge in [-0.1, -0.05) is 0 Å². The zero-order valence-corrected chi connectivity index (χ0v) is 10.6. The van der Waals surface area contributed by atoms with Gasteiger partial charge in [-0.05, 0) is 20.8 Å². The van der Waals surface area contributed by atoms with Crippen LogP contribution >= 0.6 is 11.8 Å². The van der Waals surface area contributed by atoms with Crippen molar-refractivity contribution in [3.63, 3.8) is 0 Å². The molecule has 0 aromatic heterocycles. The summed E-state index contributed by atoms with van der Waals surface area (Å²) in [5.74, 6) is -0.136. The Balaban J connectivity index is 2.56. The standard InChI is InChI=1S/C10H17NO4S/c1-4-14-8(12)7-6-16-10(3,11-7)9(13)15-5-2/h7,11H,4-6H2,1-3H3. The Morgan fingerprint density at radius 1 is 1.38 bits per heavy atom. The topological polar surface area (TPSA) is 64.6 Å². The number of rotatable bonds is 4. The second kappa shape index (κ2) is 5.54. The monoisotopic (exact) mass is 247 g/mol. The van der Waals surface area contributed by atoms with Gasteiger partial charge in [0.25, 0.3) is 0 Å². The fraction of sp³-hybridized carbons (Fsp3) is 0.800. The van der Waals surface area contributed by atoms with Gasteiger partial charge in [-0.2, -0.15) is 0 Å². The van der Waals surface area contributed by atoms with Crippen LogP contribution in [0.4, 0.5) is 0 Å². The Kier molecular flexibility index (Phi) is 4.61.